The van der Waals surface area contributed by atoms with Crippen LogP contribution in [0.4, 0.5) is 0 Å². The van der Waals surface area contributed by atoms with Gasteiger partial charge in [-0.15, -0.1) is 0 Å². The van der Waals surface area contributed by atoms with Crippen LogP contribution in [0.1, 0.15) is 45.3 Å². The van der Waals surface area contributed by atoms with E-state index in [9.17, 15) is 4.79 Å². The fourth-order valence-corrected chi connectivity index (χ4v) is 1.75. The van der Waals surface area contributed by atoms with Crippen LogP contribution in [-0.4, -0.2) is 39.2 Å². The largest absolute Gasteiger partial charge is 0.481 e. The molecule has 1 unspecified atom stereocenters. The Morgan fingerprint density at radius 1 is 1.47 bits per heavy atom. The fraction of sp³-hybridized carbons (Fsp3) is 0.769. The van der Waals surface area contributed by atoms with E-state index < -0.39 is 11.9 Å². The van der Waals surface area contributed by atoms with Gasteiger partial charge in [0.05, 0.1) is 12.5 Å². The number of carboxylic acid groups (broad SMARTS) is 1. The molecule has 1 rings (SSSR count). The number of unbranched alkanes of at least 4 members (excludes halogenated alkanes) is 1. The molecule has 0 aliphatic rings. The normalized spacial score (nSPS) is 12.8. The lowest BCUT2D eigenvalue weighted by atomic mass is 10.1. The first kappa shape index (κ1) is 15.6. The molecule has 19 heavy (non-hydrogen) atoms. The SMILES string of the molecule is CCCCc1noc(CN(CC)CC(C)C(=O)O)n1. The van der Waals surface area contributed by atoms with Crippen molar-refractivity contribution in [1.29, 1.82) is 0 Å². The standard InChI is InChI=1S/C13H23N3O3/c1-4-6-7-11-14-12(19-15-11)9-16(5-2)8-10(3)13(17)18/h10H,4-9H2,1-3H3,(H,17,18). The van der Waals surface area contributed by atoms with Crippen molar-refractivity contribution in [3.8, 4) is 0 Å². The summed E-state index contributed by atoms with van der Waals surface area (Å²) >= 11 is 0. The molecule has 0 radical (unpaired) electrons. The van der Waals surface area contributed by atoms with E-state index in [4.69, 9.17) is 9.63 Å². The number of carbonyl (C=O) groups is 1. The molecule has 1 aromatic heterocycles. The number of aryl methyl sites for hydroxylation is 1. The van der Waals surface area contributed by atoms with Gasteiger partial charge < -0.3 is 9.63 Å². The number of aliphatic carboxylic acids is 1. The summed E-state index contributed by atoms with van der Waals surface area (Å²) in [6, 6.07) is 0. The monoisotopic (exact) mass is 269 g/mol. The number of nitrogens with zero attached hydrogens (tertiary/aromatic N) is 3. The summed E-state index contributed by atoms with van der Waals surface area (Å²) in [5, 5.41) is 12.8. The van der Waals surface area contributed by atoms with Crippen molar-refractivity contribution in [3.63, 3.8) is 0 Å². The van der Waals surface area contributed by atoms with E-state index >= 15 is 0 Å². The van der Waals surface area contributed by atoms with Crippen molar-refractivity contribution in [1.82, 2.24) is 15.0 Å². The summed E-state index contributed by atoms with van der Waals surface area (Å²) in [5.74, 6) is 0.111. The minimum atomic E-state index is -0.785. The van der Waals surface area contributed by atoms with E-state index in [1.54, 1.807) is 6.92 Å². The Bertz CT molecular complexity index is 392. The second-order valence-corrected chi connectivity index (χ2v) is 4.77. The molecule has 0 spiro atoms. The molecule has 0 bridgehead atoms. The molecule has 6 heteroatoms. The van der Waals surface area contributed by atoms with Crippen molar-refractivity contribution in [2.75, 3.05) is 13.1 Å². The average molecular weight is 269 g/mol. The lowest BCUT2D eigenvalue weighted by Crippen LogP contribution is -2.31. The third-order valence-electron chi connectivity index (χ3n) is 3.02. The average Bonchev–Trinajstić information content (AvgIpc) is 2.82. The first-order valence-electron chi connectivity index (χ1n) is 6.83. The predicted octanol–water partition coefficient (Wildman–Crippen LogP) is 1.95. The number of carboxylic acids is 1. The fourth-order valence-electron chi connectivity index (χ4n) is 1.75. The Kier molecular flexibility index (Phi) is 6.49. The molecule has 1 heterocycles. The smallest absolute Gasteiger partial charge is 0.307 e. The second kappa shape index (κ2) is 7.89. The van der Waals surface area contributed by atoms with Crippen LogP contribution in [-0.2, 0) is 17.8 Å². The van der Waals surface area contributed by atoms with E-state index in [2.05, 4.69) is 17.1 Å². The van der Waals surface area contributed by atoms with E-state index in [0.29, 0.717) is 19.0 Å². The molecule has 108 valence electrons. The first-order chi connectivity index (χ1) is 9.06. The Morgan fingerprint density at radius 3 is 2.79 bits per heavy atom. The van der Waals surface area contributed by atoms with Crippen molar-refractivity contribution in [2.24, 2.45) is 5.92 Å². The summed E-state index contributed by atoms with van der Waals surface area (Å²) in [6.45, 7) is 7.55. The van der Waals surface area contributed by atoms with Gasteiger partial charge in [0.1, 0.15) is 0 Å². The summed E-state index contributed by atoms with van der Waals surface area (Å²) < 4.78 is 5.19. The summed E-state index contributed by atoms with van der Waals surface area (Å²) in [7, 11) is 0. The van der Waals surface area contributed by atoms with Gasteiger partial charge in [-0.1, -0.05) is 32.3 Å². The Hall–Kier alpha value is -1.43. The Balaban J connectivity index is 2.50. The molecule has 6 nitrogen and oxygen atoms in total. The van der Waals surface area contributed by atoms with Gasteiger partial charge >= 0.3 is 5.97 Å². The van der Waals surface area contributed by atoms with Crippen molar-refractivity contribution >= 4 is 5.97 Å². The topological polar surface area (TPSA) is 79.5 Å². The molecule has 0 saturated carbocycles. The van der Waals surface area contributed by atoms with Crippen molar-refractivity contribution in [3.05, 3.63) is 11.7 Å². The van der Waals surface area contributed by atoms with Crippen LogP contribution >= 0.6 is 0 Å². The highest BCUT2D eigenvalue weighted by molar-refractivity contribution is 5.69. The van der Waals surface area contributed by atoms with Crippen LogP contribution in [0.5, 0.6) is 0 Å². The van der Waals surface area contributed by atoms with Crippen molar-refractivity contribution < 1.29 is 14.4 Å². The molecule has 1 atom stereocenters. The number of rotatable bonds is 9. The quantitative estimate of drug-likeness (QED) is 0.738. The number of hydrogen-bond acceptors (Lipinski definition) is 5. The van der Waals surface area contributed by atoms with Gasteiger partial charge in [0, 0.05) is 13.0 Å². The van der Waals surface area contributed by atoms with Gasteiger partial charge in [0.25, 0.3) is 0 Å². The van der Waals surface area contributed by atoms with E-state index in [1.165, 1.54) is 0 Å². The van der Waals surface area contributed by atoms with Gasteiger partial charge in [0.2, 0.25) is 5.89 Å². The summed E-state index contributed by atoms with van der Waals surface area (Å²) in [4.78, 5) is 17.2. The van der Waals surface area contributed by atoms with Gasteiger partial charge in [0.15, 0.2) is 5.82 Å². The molecule has 0 fully saturated rings. The minimum absolute atomic E-state index is 0.401. The Morgan fingerprint density at radius 2 is 2.21 bits per heavy atom. The molecule has 0 aliphatic heterocycles. The third-order valence-corrected chi connectivity index (χ3v) is 3.02. The van der Waals surface area contributed by atoms with Gasteiger partial charge in [-0.3, -0.25) is 9.69 Å². The lowest BCUT2D eigenvalue weighted by molar-refractivity contribution is -0.141. The zero-order chi connectivity index (χ0) is 14.3. The molecule has 0 aliphatic carbocycles. The number of aromatic nitrogens is 2. The van der Waals surface area contributed by atoms with Crippen LogP contribution in [0, 0.1) is 5.92 Å². The van der Waals surface area contributed by atoms with Crippen LogP contribution in [0.3, 0.4) is 0 Å². The Labute approximate surface area is 113 Å². The van der Waals surface area contributed by atoms with Crippen LogP contribution in [0.15, 0.2) is 4.52 Å². The minimum Gasteiger partial charge on any atom is -0.481 e. The zero-order valence-electron chi connectivity index (χ0n) is 11.9. The highest BCUT2D eigenvalue weighted by Crippen LogP contribution is 2.08. The molecular weight excluding hydrogens is 246 g/mol. The zero-order valence-corrected chi connectivity index (χ0v) is 11.9. The maximum Gasteiger partial charge on any atom is 0.307 e. The van der Waals surface area contributed by atoms with Gasteiger partial charge in [-0.2, -0.15) is 4.98 Å². The molecule has 0 aromatic carbocycles. The highest BCUT2D eigenvalue weighted by Gasteiger charge is 2.17. The van der Waals surface area contributed by atoms with Crippen molar-refractivity contribution in [2.45, 2.75) is 46.6 Å². The second-order valence-electron chi connectivity index (χ2n) is 4.77. The highest BCUT2D eigenvalue weighted by atomic mass is 16.5. The first-order valence-corrected chi connectivity index (χ1v) is 6.83. The maximum absolute atomic E-state index is 10.8. The molecule has 1 N–H and O–H groups in total. The number of hydrogen-bond donors (Lipinski definition) is 1. The van der Waals surface area contributed by atoms with Crippen LogP contribution < -0.4 is 0 Å². The molecule has 0 amide bonds. The van der Waals surface area contributed by atoms with Gasteiger partial charge in [-0.05, 0) is 13.0 Å². The van der Waals surface area contributed by atoms with Crippen LogP contribution in [0.25, 0.3) is 0 Å². The molecular formula is C13H23N3O3. The van der Waals surface area contributed by atoms with E-state index in [1.807, 2.05) is 11.8 Å². The maximum atomic E-state index is 10.8. The van der Waals surface area contributed by atoms with Gasteiger partial charge in [-0.25, -0.2) is 0 Å². The predicted molar refractivity (Wildman–Crippen MR) is 70.7 cm³/mol. The van der Waals surface area contributed by atoms with E-state index in [-0.39, 0.29) is 0 Å². The molecule has 0 saturated heterocycles. The lowest BCUT2D eigenvalue weighted by Gasteiger charge is -2.20. The summed E-state index contributed by atoms with van der Waals surface area (Å²) in [6.07, 6.45) is 2.98. The summed E-state index contributed by atoms with van der Waals surface area (Å²) in [5.41, 5.74) is 0. The van der Waals surface area contributed by atoms with E-state index in [0.717, 1.165) is 31.6 Å². The van der Waals surface area contributed by atoms with Crippen LogP contribution in [0.2, 0.25) is 0 Å². The molecule has 1 aromatic rings. The third kappa shape index (κ3) is 5.38.